The summed E-state index contributed by atoms with van der Waals surface area (Å²) < 4.78 is 50.0. The van der Waals surface area contributed by atoms with Crippen LogP contribution in [0.1, 0.15) is 12.0 Å². The highest BCUT2D eigenvalue weighted by molar-refractivity contribution is 7.89. The van der Waals surface area contributed by atoms with E-state index in [0.29, 0.717) is 18.0 Å². The molecule has 0 bridgehead atoms. The lowest BCUT2D eigenvalue weighted by Crippen LogP contribution is -2.31. The van der Waals surface area contributed by atoms with Crippen molar-refractivity contribution in [3.8, 4) is 11.5 Å². The summed E-state index contributed by atoms with van der Waals surface area (Å²) in [7, 11) is -2.14. The number of sulfonamides is 1. The molecule has 1 amide bonds. The molecule has 2 aromatic carbocycles. The Morgan fingerprint density at radius 2 is 1.85 bits per heavy atom. The van der Waals surface area contributed by atoms with Crippen LogP contribution in [0.25, 0.3) is 0 Å². The number of nitrogens with one attached hydrogen (secondary N) is 1. The van der Waals surface area contributed by atoms with Gasteiger partial charge in [-0.1, -0.05) is 6.07 Å². The molecule has 9 heteroatoms. The van der Waals surface area contributed by atoms with Crippen molar-refractivity contribution in [2.24, 2.45) is 0 Å². The zero-order valence-electron chi connectivity index (χ0n) is 14.6. The average molecular weight is 394 g/mol. The molecule has 2 aromatic rings. The first-order valence-electron chi connectivity index (χ1n) is 8.23. The summed E-state index contributed by atoms with van der Waals surface area (Å²) >= 11 is 0. The van der Waals surface area contributed by atoms with Crippen LogP contribution in [-0.4, -0.2) is 39.6 Å². The van der Waals surface area contributed by atoms with E-state index >= 15 is 0 Å². The fourth-order valence-electron chi connectivity index (χ4n) is 2.58. The standard InChI is InChI=1S/C18H19FN2O5S/c1-21(11-13-2-7-16-17(10-13)26-12-25-16)18(22)8-9-20-27(23,24)15-5-3-14(19)4-6-15/h2-7,10,20H,8-9,11-12H2,1H3. The molecule has 1 aliphatic heterocycles. The third kappa shape index (κ3) is 4.75. The smallest absolute Gasteiger partial charge is 0.240 e. The van der Waals surface area contributed by atoms with Gasteiger partial charge in [-0.15, -0.1) is 0 Å². The van der Waals surface area contributed by atoms with Gasteiger partial charge >= 0.3 is 0 Å². The van der Waals surface area contributed by atoms with Crippen molar-refractivity contribution in [3.05, 3.63) is 53.8 Å². The lowest BCUT2D eigenvalue weighted by atomic mass is 10.2. The summed E-state index contributed by atoms with van der Waals surface area (Å²) in [5, 5.41) is 0. The van der Waals surface area contributed by atoms with Gasteiger partial charge in [0.05, 0.1) is 4.90 Å². The number of ether oxygens (including phenoxy) is 2. The molecule has 0 aromatic heterocycles. The summed E-state index contributed by atoms with van der Waals surface area (Å²) in [4.78, 5) is 13.7. The van der Waals surface area contributed by atoms with Crippen LogP contribution in [0.3, 0.4) is 0 Å². The second kappa shape index (κ2) is 7.93. The minimum absolute atomic E-state index is 0.00146. The van der Waals surface area contributed by atoms with E-state index in [-0.39, 0.29) is 30.6 Å². The molecule has 3 rings (SSSR count). The fraction of sp³-hybridized carbons (Fsp3) is 0.278. The number of nitrogens with zero attached hydrogens (tertiary/aromatic N) is 1. The van der Waals surface area contributed by atoms with E-state index in [1.165, 1.54) is 17.0 Å². The first-order valence-corrected chi connectivity index (χ1v) is 9.71. The van der Waals surface area contributed by atoms with Crippen LogP contribution in [0.4, 0.5) is 4.39 Å². The number of halogens is 1. The van der Waals surface area contributed by atoms with Crippen LogP contribution in [-0.2, 0) is 21.4 Å². The number of amides is 1. The largest absolute Gasteiger partial charge is 0.454 e. The highest BCUT2D eigenvalue weighted by Crippen LogP contribution is 2.32. The molecule has 0 saturated heterocycles. The maximum Gasteiger partial charge on any atom is 0.240 e. The molecule has 0 spiro atoms. The van der Waals surface area contributed by atoms with Gasteiger partial charge in [0.25, 0.3) is 0 Å². The van der Waals surface area contributed by atoms with E-state index in [0.717, 1.165) is 17.7 Å². The predicted molar refractivity (Wildman–Crippen MR) is 95.2 cm³/mol. The van der Waals surface area contributed by atoms with Gasteiger partial charge in [-0.25, -0.2) is 17.5 Å². The molecule has 144 valence electrons. The number of rotatable bonds is 7. The van der Waals surface area contributed by atoms with E-state index in [1.54, 1.807) is 13.1 Å². The molecule has 0 saturated carbocycles. The van der Waals surface area contributed by atoms with E-state index < -0.39 is 15.8 Å². The number of benzene rings is 2. The minimum atomic E-state index is -3.78. The molecule has 0 atom stereocenters. The lowest BCUT2D eigenvalue weighted by Gasteiger charge is -2.17. The highest BCUT2D eigenvalue weighted by Gasteiger charge is 2.17. The topological polar surface area (TPSA) is 84.9 Å². The van der Waals surface area contributed by atoms with Gasteiger partial charge in [0.15, 0.2) is 11.5 Å². The highest BCUT2D eigenvalue weighted by atomic mass is 32.2. The van der Waals surface area contributed by atoms with Crippen molar-refractivity contribution in [2.45, 2.75) is 17.9 Å². The van der Waals surface area contributed by atoms with Gasteiger partial charge in [-0.05, 0) is 42.0 Å². The van der Waals surface area contributed by atoms with Gasteiger partial charge in [-0.3, -0.25) is 4.79 Å². The van der Waals surface area contributed by atoms with Gasteiger partial charge in [0.2, 0.25) is 22.7 Å². The summed E-state index contributed by atoms with van der Waals surface area (Å²) in [6, 6.07) is 9.92. The Morgan fingerprint density at radius 1 is 1.15 bits per heavy atom. The maximum absolute atomic E-state index is 12.9. The summed E-state index contributed by atoms with van der Waals surface area (Å²) in [5.41, 5.74) is 0.877. The molecule has 7 nitrogen and oxygen atoms in total. The number of hydrogen-bond acceptors (Lipinski definition) is 5. The maximum atomic E-state index is 12.9. The molecule has 1 heterocycles. The van der Waals surface area contributed by atoms with E-state index in [1.807, 2.05) is 12.1 Å². The lowest BCUT2D eigenvalue weighted by molar-refractivity contribution is -0.130. The SMILES string of the molecule is CN(Cc1ccc2c(c1)OCO2)C(=O)CCNS(=O)(=O)c1ccc(F)cc1. The molecular formula is C18H19FN2O5S. The van der Waals surface area contributed by atoms with Crippen LogP contribution < -0.4 is 14.2 Å². The molecule has 0 aliphatic carbocycles. The minimum Gasteiger partial charge on any atom is -0.454 e. The molecule has 1 N–H and O–H groups in total. The molecule has 0 radical (unpaired) electrons. The average Bonchev–Trinajstić information content (AvgIpc) is 3.09. The quantitative estimate of drug-likeness (QED) is 0.775. The van der Waals surface area contributed by atoms with Gasteiger partial charge in [0.1, 0.15) is 5.82 Å². The van der Waals surface area contributed by atoms with Crippen LogP contribution in [0.15, 0.2) is 47.4 Å². The monoisotopic (exact) mass is 394 g/mol. The first-order chi connectivity index (χ1) is 12.8. The van der Waals surface area contributed by atoms with Crippen molar-refractivity contribution in [2.75, 3.05) is 20.4 Å². The normalized spacial score (nSPS) is 12.8. The zero-order chi connectivity index (χ0) is 19.4. The van der Waals surface area contributed by atoms with Crippen LogP contribution >= 0.6 is 0 Å². The van der Waals surface area contributed by atoms with Gasteiger partial charge < -0.3 is 14.4 Å². The van der Waals surface area contributed by atoms with E-state index in [2.05, 4.69) is 4.72 Å². The van der Waals surface area contributed by atoms with Crippen molar-refractivity contribution in [3.63, 3.8) is 0 Å². The Bertz CT molecular complexity index is 931. The van der Waals surface area contributed by atoms with E-state index in [4.69, 9.17) is 9.47 Å². The molecule has 27 heavy (non-hydrogen) atoms. The Morgan fingerprint density at radius 3 is 2.59 bits per heavy atom. The van der Waals surface area contributed by atoms with E-state index in [9.17, 15) is 17.6 Å². The Labute approximate surface area is 156 Å². The second-order valence-electron chi connectivity index (χ2n) is 6.04. The first kappa shape index (κ1) is 19.1. The Balaban J connectivity index is 1.50. The third-order valence-electron chi connectivity index (χ3n) is 4.04. The fourth-order valence-corrected chi connectivity index (χ4v) is 3.61. The number of hydrogen-bond donors (Lipinski definition) is 1. The summed E-state index contributed by atoms with van der Waals surface area (Å²) in [6.45, 7) is 0.492. The zero-order valence-corrected chi connectivity index (χ0v) is 15.5. The van der Waals surface area contributed by atoms with Crippen LogP contribution in [0, 0.1) is 5.82 Å². The summed E-state index contributed by atoms with van der Waals surface area (Å²) in [5.74, 6) is 0.576. The molecular weight excluding hydrogens is 375 g/mol. The number of carbonyl (C=O) groups excluding carboxylic acids is 1. The Hall–Kier alpha value is -2.65. The van der Waals surface area contributed by atoms with Crippen molar-refractivity contribution >= 4 is 15.9 Å². The van der Waals surface area contributed by atoms with Gasteiger partial charge in [-0.2, -0.15) is 0 Å². The summed E-state index contributed by atoms with van der Waals surface area (Å²) in [6.07, 6.45) is 0.00146. The molecule has 0 fully saturated rings. The van der Waals surface area contributed by atoms with Crippen molar-refractivity contribution in [1.29, 1.82) is 0 Å². The molecule has 0 unspecified atom stereocenters. The predicted octanol–water partition coefficient (Wildman–Crippen LogP) is 1.88. The Kier molecular flexibility index (Phi) is 5.62. The third-order valence-corrected chi connectivity index (χ3v) is 5.51. The van der Waals surface area contributed by atoms with Crippen LogP contribution in [0.5, 0.6) is 11.5 Å². The van der Waals surface area contributed by atoms with Crippen LogP contribution in [0.2, 0.25) is 0 Å². The number of fused-ring (bicyclic) bond motifs is 1. The van der Waals surface area contributed by atoms with Crippen molar-refractivity contribution < 1.29 is 27.1 Å². The van der Waals surface area contributed by atoms with Crippen molar-refractivity contribution in [1.82, 2.24) is 9.62 Å². The molecule has 1 aliphatic rings. The van der Waals surface area contributed by atoms with Gasteiger partial charge in [0, 0.05) is 26.6 Å². The second-order valence-corrected chi connectivity index (χ2v) is 7.81. The number of carbonyl (C=O) groups is 1.